The number of carboxylic acids is 1. The van der Waals surface area contributed by atoms with Crippen molar-refractivity contribution in [2.75, 3.05) is 20.1 Å². The van der Waals surface area contributed by atoms with Crippen LogP contribution in [0.15, 0.2) is 0 Å². The first-order valence-corrected chi connectivity index (χ1v) is 7.73. The molecule has 5 nitrogen and oxygen atoms in total. The van der Waals surface area contributed by atoms with Crippen LogP contribution in [0.3, 0.4) is 0 Å². The van der Waals surface area contributed by atoms with Crippen molar-refractivity contribution in [3.8, 4) is 0 Å². The number of amides is 2. The van der Waals surface area contributed by atoms with E-state index < -0.39 is 5.97 Å². The van der Waals surface area contributed by atoms with E-state index in [1.807, 2.05) is 0 Å². The van der Waals surface area contributed by atoms with Crippen LogP contribution in [0.1, 0.15) is 51.9 Å². The Morgan fingerprint density at radius 3 is 2.35 bits per heavy atom. The average Bonchev–Trinajstić information content (AvgIpc) is 2.44. The average molecular weight is 284 g/mol. The highest BCUT2D eigenvalue weighted by atomic mass is 16.4. The molecule has 0 bridgehead atoms. The predicted octanol–water partition coefficient (Wildman–Crippen LogP) is 2.71. The third kappa shape index (κ3) is 6.26. The normalized spacial score (nSPS) is 22.3. The van der Waals surface area contributed by atoms with Crippen LogP contribution >= 0.6 is 0 Å². The van der Waals surface area contributed by atoms with Crippen molar-refractivity contribution in [1.82, 2.24) is 10.2 Å². The third-order valence-electron chi connectivity index (χ3n) is 4.32. The molecular weight excluding hydrogens is 256 g/mol. The molecule has 1 aliphatic rings. The Labute approximate surface area is 121 Å². The van der Waals surface area contributed by atoms with Crippen LogP contribution < -0.4 is 5.32 Å². The number of nitrogens with one attached hydrogen (secondary N) is 1. The number of carbonyl (C=O) groups is 2. The fraction of sp³-hybridized carbons (Fsp3) is 0.867. The fourth-order valence-corrected chi connectivity index (χ4v) is 2.78. The van der Waals surface area contributed by atoms with E-state index in [2.05, 4.69) is 12.2 Å². The molecular formula is C15H28N2O3. The van der Waals surface area contributed by atoms with Gasteiger partial charge in [-0.25, -0.2) is 4.79 Å². The zero-order valence-corrected chi connectivity index (χ0v) is 12.7. The lowest BCUT2D eigenvalue weighted by molar-refractivity contribution is -0.137. The molecule has 2 N–H and O–H groups in total. The second-order valence-corrected chi connectivity index (χ2v) is 5.90. The van der Waals surface area contributed by atoms with E-state index in [1.54, 1.807) is 11.9 Å². The van der Waals surface area contributed by atoms with Gasteiger partial charge in [0, 0.05) is 26.6 Å². The molecule has 20 heavy (non-hydrogen) atoms. The van der Waals surface area contributed by atoms with Crippen LogP contribution in [0, 0.1) is 11.8 Å². The van der Waals surface area contributed by atoms with Gasteiger partial charge in [0.15, 0.2) is 0 Å². The minimum Gasteiger partial charge on any atom is -0.481 e. The summed E-state index contributed by atoms with van der Waals surface area (Å²) < 4.78 is 0. The standard InChI is InChI=1S/C15H28N2O3/c1-3-12-6-8-13(9-7-12)11-16-15(20)17(2)10-4-5-14(18)19/h12-13H,3-11H2,1-2H3,(H,16,20)(H,18,19). The molecule has 0 spiro atoms. The Morgan fingerprint density at radius 2 is 1.80 bits per heavy atom. The smallest absolute Gasteiger partial charge is 0.317 e. The van der Waals surface area contributed by atoms with Gasteiger partial charge in [0.1, 0.15) is 0 Å². The van der Waals surface area contributed by atoms with Crippen molar-refractivity contribution in [2.45, 2.75) is 51.9 Å². The summed E-state index contributed by atoms with van der Waals surface area (Å²) in [7, 11) is 1.71. The van der Waals surface area contributed by atoms with Crippen LogP contribution in [-0.2, 0) is 4.79 Å². The van der Waals surface area contributed by atoms with Crippen LogP contribution in [0.4, 0.5) is 4.79 Å². The largest absolute Gasteiger partial charge is 0.481 e. The highest BCUT2D eigenvalue weighted by Gasteiger charge is 2.20. The molecule has 1 fully saturated rings. The topological polar surface area (TPSA) is 69.6 Å². The predicted molar refractivity (Wildman–Crippen MR) is 78.6 cm³/mol. The third-order valence-corrected chi connectivity index (χ3v) is 4.32. The van der Waals surface area contributed by atoms with Crippen molar-refractivity contribution >= 4 is 12.0 Å². The molecule has 0 radical (unpaired) electrons. The molecule has 5 heteroatoms. The van der Waals surface area contributed by atoms with Crippen molar-refractivity contribution in [3.05, 3.63) is 0 Å². The summed E-state index contributed by atoms with van der Waals surface area (Å²) in [4.78, 5) is 23.8. The molecule has 0 aromatic rings. The zero-order valence-electron chi connectivity index (χ0n) is 12.7. The summed E-state index contributed by atoms with van der Waals surface area (Å²) in [6.45, 7) is 3.48. The van der Waals surface area contributed by atoms with Crippen LogP contribution in [-0.4, -0.2) is 42.1 Å². The molecule has 0 aromatic heterocycles. The van der Waals surface area contributed by atoms with Gasteiger partial charge in [0.2, 0.25) is 0 Å². The maximum Gasteiger partial charge on any atom is 0.317 e. The quantitative estimate of drug-likeness (QED) is 0.755. The van der Waals surface area contributed by atoms with Gasteiger partial charge in [0.05, 0.1) is 0 Å². The maximum absolute atomic E-state index is 11.8. The summed E-state index contributed by atoms with van der Waals surface area (Å²) in [6, 6.07) is -0.0898. The van der Waals surface area contributed by atoms with Gasteiger partial charge in [-0.1, -0.05) is 26.2 Å². The van der Waals surface area contributed by atoms with Crippen molar-refractivity contribution in [3.63, 3.8) is 0 Å². The summed E-state index contributed by atoms with van der Waals surface area (Å²) in [5.74, 6) is 0.668. The lowest BCUT2D eigenvalue weighted by atomic mass is 9.81. The van der Waals surface area contributed by atoms with Crippen LogP contribution in [0.2, 0.25) is 0 Å². The number of carbonyl (C=O) groups excluding carboxylic acids is 1. The number of hydrogen-bond donors (Lipinski definition) is 2. The molecule has 0 heterocycles. The molecule has 0 aliphatic heterocycles. The van der Waals surface area contributed by atoms with E-state index in [0.717, 1.165) is 12.5 Å². The summed E-state index contributed by atoms with van der Waals surface area (Å²) in [5.41, 5.74) is 0. The molecule has 116 valence electrons. The molecule has 0 unspecified atom stereocenters. The van der Waals surface area contributed by atoms with Gasteiger partial charge in [-0.05, 0) is 31.1 Å². The molecule has 0 atom stereocenters. The molecule has 0 aromatic carbocycles. The van der Waals surface area contributed by atoms with E-state index in [1.165, 1.54) is 32.1 Å². The van der Waals surface area contributed by atoms with Gasteiger partial charge < -0.3 is 15.3 Å². The number of urea groups is 1. The van der Waals surface area contributed by atoms with Crippen molar-refractivity contribution < 1.29 is 14.7 Å². The van der Waals surface area contributed by atoms with E-state index in [-0.39, 0.29) is 12.5 Å². The Morgan fingerprint density at radius 1 is 1.20 bits per heavy atom. The Bertz CT molecular complexity index is 312. The molecule has 1 rings (SSSR count). The van der Waals surface area contributed by atoms with E-state index in [9.17, 15) is 9.59 Å². The summed E-state index contributed by atoms with van der Waals surface area (Å²) in [6.07, 6.45) is 6.87. The minimum absolute atomic E-state index is 0.0898. The van der Waals surface area contributed by atoms with Crippen molar-refractivity contribution in [1.29, 1.82) is 0 Å². The molecule has 1 aliphatic carbocycles. The number of rotatable bonds is 7. The van der Waals surface area contributed by atoms with Gasteiger partial charge >= 0.3 is 12.0 Å². The Balaban J connectivity index is 2.14. The number of hydrogen-bond acceptors (Lipinski definition) is 2. The second kappa shape index (κ2) is 8.82. The summed E-state index contributed by atoms with van der Waals surface area (Å²) in [5, 5.41) is 11.5. The van der Waals surface area contributed by atoms with E-state index >= 15 is 0 Å². The Hall–Kier alpha value is -1.26. The van der Waals surface area contributed by atoms with E-state index in [4.69, 9.17) is 5.11 Å². The summed E-state index contributed by atoms with van der Waals surface area (Å²) >= 11 is 0. The first-order valence-electron chi connectivity index (χ1n) is 7.73. The first-order chi connectivity index (χ1) is 9.52. The lowest BCUT2D eigenvalue weighted by Gasteiger charge is -2.28. The maximum atomic E-state index is 11.8. The number of nitrogens with zero attached hydrogens (tertiary/aromatic N) is 1. The van der Waals surface area contributed by atoms with Gasteiger partial charge in [-0.15, -0.1) is 0 Å². The highest BCUT2D eigenvalue weighted by Crippen LogP contribution is 2.30. The molecule has 2 amide bonds. The van der Waals surface area contributed by atoms with E-state index in [0.29, 0.717) is 18.9 Å². The Kier molecular flexibility index (Phi) is 7.41. The second-order valence-electron chi connectivity index (χ2n) is 5.90. The number of aliphatic carboxylic acids is 1. The highest BCUT2D eigenvalue weighted by molar-refractivity contribution is 5.73. The van der Waals surface area contributed by atoms with Crippen molar-refractivity contribution in [2.24, 2.45) is 11.8 Å². The van der Waals surface area contributed by atoms with Gasteiger partial charge in [-0.3, -0.25) is 4.79 Å². The van der Waals surface area contributed by atoms with Gasteiger partial charge in [0.25, 0.3) is 0 Å². The monoisotopic (exact) mass is 284 g/mol. The van der Waals surface area contributed by atoms with Gasteiger partial charge in [-0.2, -0.15) is 0 Å². The van der Waals surface area contributed by atoms with Crippen LogP contribution in [0.5, 0.6) is 0 Å². The minimum atomic E-state index is -0.813. The number of carboxylic acid groups (broad SMARTS) is 1. The van der Waals surface area contributed by atoms with Crippen LogP contribution in [0.25, 0.3) is 0 Å². The molecule has 1 saturated carbocycles. The lowest BCUT2D eigenvalue weighted by Crippen LogP contribution is -2.40. The first kappa shape index (κ1) is 16.8. The zero-order chi connectivity index (χ0) is 15.0. The SMILES string of the molecule is CCC1CCC(CNC(=O)N(C)CCCC(=O)O)CC1. The fourth-order valence-electron chi connectivity index (χ4n) is 2.78. The molecule has 0 saturated heterocycles.